The molecule has 0 spiro atoms. The zero-order chi connectivity index (χ0) is 16.8. The average molecular weight is 330 g/mol. The molecule has 0 saturated carbocycles. The van der Waals surface area contributed by atoms with Crippen molar-refractivity contribution in [3.63, 3.8) is 0 Å². The molecule has 0 aromatic rings. The van der Waals surface area contributed by atoms with Gasteiger partial charge in [0, 0.05) is 13.9 Å². The third-order valence-electron chi connectivity index (χ3n) is 4.66. The molecule has 0 aliphatic rings. The summed E-state index contributed by atoms with van der Waals surface area (Å²) in [7, 11) is -0.656. The highest BCUT2D eigenvalue weighted by atomic mass is 31.2. The van der Waals surface area contributed by atoms with Gasteiger partial charge in [-0.15, -0.1) is 0 Å². The summed E-state index contributed by atoms with van der Waals surface area (Å²) in [5, 5.41) is 0. The van der Waals surface area contributed by atoms with E-state index in [0.717, 1.165) is 11.8 Å². The Morgan fingerprint density at radius 3 is 1.32 bits per heavy atom. The maximum Gasteiger partial charge on any atom is 0.0614 e. The van der Waals surface area contributed by atoms with Crippen molar-refractivity contribution in [2.75, 3.05) is 25.2 Å². The van der Waals surface area contributed by atoms with Crippen LogP contribution in [-0.4, -0.2) is 25.2 Å². The first-order valence-electron chi connectivity index (χ1n) is 10.2. The molecule has 0 aliphatic heterocycles. The predicted molar refractivity (Wildman–Crippen MR) is 109 cm³/mol. The van der Waals surface area contributed by atoms with Crippen LogP contribution < -0.4 is 0 Å². The topological polar surface area (TPSA) is 0 Å². The highest BCUT2D eigenvalue weighted by Crippen LogP contribution is 2.58. The van der Waals surface area contributed by atoms with Gasteiger partial charge in [-0.05, 0) is 24.7 Å². The molecule has 0 nitrogen and oxygen atoms in total. The monoisotopic (exact) mass is 329 g/mol. The number of hydrogen-bond acceptors (Lipinski definition) is 0. The number of hydrogen-bond donors (Lipinski definition) is 0. The van der Waals surface area contributed by atoms with Crippen LogP contribution in [0.3, 0.4) is 0 Å². The fourth-order valence-corrected chi connectivity index (χ4v) is 9.03. The van der Waals surface area contributed by atoms with Crippen LogP contribution in [0.25, 0.3) is 0 Å². The summed E-state index contributed by atoms with van der Waals surface area (Å²) in [6.45, 7) is 14.6. The van der Waals surface area contributed by atoms with E-state index in [4.69, 9.17) is 0 Å². The smallest absolute Gasteiger partial charge is 0.0614 e. The molecule has 0 aromatic carbocycles. The SMILES string of the molecule is CCCCCCCCCCCC[P+](C)(CC(C)C)CC(C)C. The van der Waals surface area contributed by atoms with Crippen molar-refractivity contribution >= 4 is 7.26 Å². The first kappa shape index (κ1) is 22.4. The lowest BCUT2D eigenvalue weighted by Gasteiger charge is -2.27. The predicted octanol–water partition coefficient (Wildman–Crippen LogP) is 7.87. The maximum atomic E-state index is 2.65. The zero-order valence-corrected chi connectivity index (χ0v) is 17.7. The van der Waals surface area contributed by atoms with Gasteiger partial charge in [0.25, 0.3) is 0 Å². The highest BCUT2D eigenvalue weighted by Gasteiger charge is 2.32. The van der Waals surface area contributed by atoms with Gasteiger partial charge in [-0.25, -0.2) is 0 Å². The lowest BCUT2D eigenvalue weighted by atomic mass is 10.1. The Balaban J connectivity index is 3.67. The van der Waals surface area contributed by atoms with E-state index < -0.39 is 7.26 Å². The van der Waals surface area contributed by atoms with Crippen LogP contribution >= 0.6 is 7.26 Å². The van der Waals surface area contributed by atoms with E-state index in [1.807, 2.05) is 0 Å². The second-order valence-corrected chi connectivity index (χ2v) is 13.1. The molecule has 0 aromatic heterocycles. The lowest BCUT2D eigenvalue weighted by molar-refractivity contribution is 0.562. The summed E-state index contributed by atoms with van der Waals surface area (Å²) in [5.74, 6) is 1.78. The van der Waals surface area contributed by atoms with Crippen LogP contribution in [0.1, 0.15) is 98.8 Å². The summed E-state index contributed by atoms with van der Waals surface area (Å²) in [6.07, 6.45) is 19.2. The lowest BCUT2D eigenvalue weighted by Crippen LogP contribution is -2.14. The van der Waals surface area contributed by atoms with Gasteiger partial charge < -0.3 is 0 Å². The third-order valence-corrected chi connectivity index (χ3v) is 9.28. The third kappa shape index (κ3) is 14.0. The summed E-state index contributed by atoms with van der Waals surface area (Å²) in [5.41, 5.74) is 0. The maximum absolute atomic E-state index is 2.65. The molecule has 0 bridgehead atoms. The largest absolute Gasteiger partial charge is 0.0654 e. The molecule has 134 valence electrons. The number of rotatable bonds is 15. The average Bonchev–Trinajstić information content (AvgIpc) is 2.39. The van der Waals surface area contributed by atoms with Gasteiger partial charge in [0.2, 0.25) is 0 Å². The first-order chi connectivity index (χ1) is 10.4. The molecule has 1 heteroatoms. The molecule has 0 heterocycles. The molecular weight excluding hydrogens is 283 g/mol. The van der Waals surface area contributed by atoms with Gasteiger partial charge in [0.15, 0.2) is 0 Å². The van der Waals surface area contributed by atoms with Crippen molar-refractivity contribution in [1.29, 1.82) is 0 Å². The van der Waals surface area contributed by atoms with Gasteiger partial charge in [-0.3, -0.25) is 0 Å². The zero-order valence-electron chi connectivity index (χ0n) is 16.8. The van der Waals surface area contributed by atoms with E-state index in [0.29, 0.717) is 0 Å². The first-order valence-corrected chi connectivity index (χ1v) is 13.0. The molecule has 0 rings (SSSR count). The van der Waals surface area contributed by atoms with Gasteiger partial charge >= 0.3 is 0 Å². The quantitative estimate of drug-likeness (QED) is 0.212. The minimum absolute atomic E-state index is 0.656. The van der Waals surface area contributed by atoms with E-state index in [1.165, 1.54) is 76.5 Å². The van der Waals surface area contributed by atoms with Crippen molar-refractivity contribution in [1.82, 2.24) is 0 Å². The van der Waals surface area contributed by atoms with Crippen LogP contribution in [0.4, 0.5) is 0 Å². The summed E-state index contributed by atoms with van der Waals surface area (Å²) in [4.78, 5) is 0. The summed E-state index contributed by atoms with van der Waals surface area (Å²) < 4.78 is 0. The molecule has 0 atom stereocenters. The summed E-state index contributed by atoms with van der Waals surface area (Å²) >= 11 is 0. The fourth-order valence-electron chi connectivity index (χ4n) is 4.00. The van der Waals surface area contributed by atoms with Crippen molar-refractivity contribution in [2.24, 2.45) is 11.8 Å². The van der Waals surface area contributed by atoms with Crippen LogP contribution in [0.5, 0.6) is 0 Å². The Hall–Kier alpha value is 0.430. The van der Waals surface area contributed by atoms with Crippen LogP contribution in [0, 0.1) is 11.8 Å². The standard InChI is InChI=1S/C21H46P/c1-7-8-9-10-11-12-13-14-15-16-17-22(6,18-20(2)3)19-21(4)5/h20-21H,7-19H2,1-6H3/q+1. The second kappa shape index (κ2) is 13.8. The van der Waals surface area contributed by atoms with E-state index in [2.05, 4.69) is 41.3 Å². The Morgan fingerprint density at radius 1 is 0.591 bits per heavy atom. The molecular formula is C21H46P+. The Labute approximate surface area is 143 Å². The minimum Gasteiger partial charge on any atom is -0.0654 e. The van der Waals surface area contributed by atoms with Crippen molar-refractivity contribution in [2.45, 2.75) is 98.8 Å². The highest BCUT2D eigenvalue weighted by molar-refractivity contribution is 7.75. The van der Waals surface area contributed by atoms with E-state index in [-0.39, 0.29) is 0 Å². The van der Waals surface area contributed by atoms with Crippen LogP contribution in [0.2, 0.25) is 0 Å². The van der Waals surface area contributed by atoms with Gasteiger partial charge in [0.05, 0.1) is 18.5 Å². The molecule has 0 amide bonds. The Bertz CT molecular complexity index is 222. The van der Waals surface area contributed by atoms with Crippen molar-refractivity contribution < 1.29 is 0 Å². The van der Waals surface area contributed by atoms with Gasteiger partial charge in [-0.2, -0.15) is 0 Å². The van der Waals surface area contributed by atoms with Crippen molar-refractivity contribution in [3.05, 3.63) is 0 Å². The van der Waals surface area contributed by atoms with E-state index >= 15 is 0 Å². The molecule has 0 radical (unpaired) electrons. The van der Waals surface area contributed by atoms with Crippen LogP contribution in [-0.2, 0) is 0 Å². The molecule has 0 aliphatic carbocycles. The van der Waals surface area contributed by atoms with E-state index in [1.54, 1.807) is 6.16 Å². The molecule has 0 fully saturated rings. The normalized spacial score (nSPS) is 12.5. The molecule has 0 N–H and O–H groups in total. The van der Waals surface area contributed by atoms with E-state index in [9.17, 15) is 0 Å². The van der Waals surface area contributed by atoms with Crippen molar-refractivity contribution in [3.8, 4) is 0 Å². The number of unbranched alkanes of at least 4 members (excludes halogenated alkanes) is 9. The van der Waals surface area contributed by atoms with Gasteiger partial charge in [-0.1, -0.05) is 86.0 Å². The Kier molecular flexibility index (Phi) is 14.1. The Morgan fingerprint density at radius 2 is 0.955 bits per heavy atom. The molecule has 22 heavy (non-hydrogen) atoms. The summed E-state index contributed by atoms with van der Waals surface area (Å²) in [6, 6.07) is 0. The molecule has 0 saturated heterocycles. The fraction of sp³-hybridized carbons (Fsp3) is 1.00. The minimum atomic E-state index is -0.656. The van der Waals surface area contributed by atoms with Crippen LogP contribution in [0.15, 0.2) is 0 Å². The second-order valence-electron chi connectivity index (χ2n) is 8.68. The molecule has 0 unspecified atom stereocenters. The van der Waals surface area contributed by atoms with Gasteiger partial charge in [0.1, 0.15) is 0 Å².